The largest absolute Gasteiger partial charge is 0.488 e. The van der Waals surface area contributed by atoms with E-state index in [1.165, 1.54) is 13.5 Å². The van der Waals surface area contributed by atoms with Gasteiger partial charge in [-0.2, -0.15) is 0 Å². The van der Waals surface area contributed by atoms with Gasteiger partial charge in [0, 0.05) is 22.5 Å². The average molecular weight is 581 g/mol. The van der Waals surface area contributed by atoms with Gasteiger partial charge in [-0.25, -0.2) is 4.98 Å². The number of benzene rings is 3. The number of aromatic amines is 1. The topological polar surface area (TPSA) is 96.6 Å². The van der Waals surface area contributed by atoms with Gasteiger partial charge in [-0.1, -0.05) is 57.8 Å². The van der Waals surface area contributed by atoms with Crippen LogP contribution < -0.4 is 10.1 Å². The Bertz CT molecular complexity index is 1470. The molecule has 3 aromatic carbocycles. The van der Waals surface area contributed by atoms with Crippen molar-refractivity contribution in [3.63, 3.8) is 0 Å². The van der Waals surface area contributed by atoms with Crippen LogP contribution in [0.25, 0.3) is 32.9 Å². The molecule has 0 radical (unpaired) electrons. The Hall–Kier alpha value is -3.62. The number of nitrogens with one attached hydrogen (secondary N) is 2. The maximum absolute atomic E-state index is 12.5. The van der Waals surface area contributed by atoms with Crippen LogP contribution in [-0.4, -0.2) is 54.5 Å². The average Bonchev–Trinajstić information content (AvgIpc) is 3.65. The maximum Gasteiger partial charge on any atom is 0.292 e. The number of rotatable bonds is 4. The van der Waals surface area contributed by atoms with Gasteiger partial charge in [0.2, 0.25) is 5.91 Å². The first-order valence-corrected chi connectivity index (χ1v) is 14.6. The molecule has 1 fully saturated rings. The molecule has 4 aromatic rings. The van der Waals surface area contributed by atoms with Crippen molar-refractivity contribution >= 4 is 45.8 Å². The Morgan fingerprint density at radius 1 is 1.20 bits per heavy atom. The third-order valence-electron chi connectivity index (χ3n) is 6.64. The summed E-state index contributed by atoms with van der Waals surface area (Å²) in [7, 11) is 3.11. The number of aromatic nitrogens is 2. The fourth-order valence-electron chi connectivity index (χ4n) is 5.03. The number of H-pyrrole nitrogens is 1. The molecule has 220 valence electrons. The number of carbonyl (C=O) groups excluding carboxylic acids is 2. The fourth-order valence-corrected chi connectivity index (χ4v) is 5.23. The van der Waals surface area contributed by atoms with Crippen molar-refractivity contribution in [2.24, 2.45) is 0 Å². The summed E-state index contributed by atoms with van der Waals surface area (Å²) in [5.41, 5.74) is 5.22. The number of likely N-dealkylation sites (N-methyl/N-ethyl adjacent to an activating group) is 1. The maximum atomic E-state index is 12.5. The highest BCUT2D eigenvalue weighted by Gasteiger charge is 2.32. The van der Waals surface area contributed by atoms with E-state index in [4.69, 9.17) is 26.1 Å². The molecule has 2 N–H and O–H groups in total. The lowest BCUT2D eigenvalue weighted by Gasteiger charge is -2.23. The number of hydrogen-bond donors (Lipinski definition) is 2. The van der Waals surface area contributed by atoms with Crippen LogP contribution in [0.3, 0.4) is 0 Å². The quantitative estimate of drug-likeness (QED) is 0.251. The van der Waals surface area contributed by atoms with Crippen LogP contribution in [0, 0.1) is 0 Å². The Morgan fingerprint density at radius 2 is 1.93 bits per heavy atom. The number of likely N-dealkylation sites (tertiary alicyclic amines) is 1. The van der Waals surface area contributed by atoms with E-state index in [9.17, 15) is 4.79 Å². The van der Waals surface area contributed by atoms with Gasteiger partial charge in [0.15, 0.2) is 0 Å². The molecule has 9 heteroatoms. The first kappa shape index (κ1) is 31.9. The molecule has 2 aliphatic heterocycles. The second kappa shape index (κ2) is 15.4. The Balaban J connectivity index is 0.000000459. The van der Waals surface area contributed by atoms with Crippen molar-refractivity contribution in [3.05, 3.63) is 58.9 Å². The summed E-state index contributed by atoms with van der Waals surface area (Å²) in [5, 5.41) is 5.84. The van der Waals surface area contributed by atoms with Gasteiger partial charge in [-0.05, 0) is 66.7 Å². The lowest BCUT2D eigenvalue weighted by atomic mass is 9.94. The first-order chi connectivity index (χ1) is 19.9. The van der Waals surface area contributed by atoms with Crippen molar-refractivity contribution in [1.29, 1.82) is 0 Å². The SMILES string of the molecule is CC.CCC.CNCC(=O)N1CCCC1c1nc2c(ccc3cc4c(cc32)OCc2cc(Cl)ccc2-4)[nH]1.COC=O. The molecule has 3 heterocycles. The van der Waals surface area contributed by atoms with E-state index in [2.05, 4.69) is 59.2 Å². The minimum absolute atomic E-state index is 0.0104. The number of ether oxygens (including phenoxy) is 2. The zero-order valence-corrected chi connectivity index (χ0v) is 25.6. The van der Waals surface area contributed by atoms with E-state index in [1.54, 1.807) is 7.05 Å². The predicted octanol–water partition coefficient (Wildman–Crippen LogP) is 7.04. The van der Waals surface area contributed by atoms with E-state index < -0.39 is 0 Å². The van der Waals surface area contributed by atoms with E-state index in [0.717, 1.165) is 74.5 Å². The highest BCUT2D eigenvalue weighted by atomic mass is 35.5. The zero-order chi connectivity index (χ0) is 29.9. The van der Waals surface area contributed by atoms with Crippen LogP contribution in [0.15, 0.2) is 42.5 Å². The highest BCUT2D eigenvalue weighted by molar-refractivity contribution is 6.30. The summed E-state index contributed by atoms with van der Waals surface area (Å²) < 4.78 is 9.95. The van der Waals surface area contributed by atoms with Crippen LogP contribution >= 0.6 is 11.6 Å². The molecule has 1 unspecified atom stereocenters. The molecule has 0 aliphatic carbocycles. The summed E-state index contributed by atoms with van der Waals surface area (Å²) in [6.07, 6.45) is 3.16. The summed E-state index contributed by atoms with van der Waals surface area (Å²) in [4.78, 5) is 31.9. The second-order valence-corrected chi connectivity index (χ2v) is 9.99. The standard InChI is InChI=1S/C25H23ClN4O2.C3H8.C2H4O2.C2H6/c1-27-12-23(31)30-8-2-3-21(30)25-28-20-7-4-14-10-19-17-6-5-16(26)9-15(17)13-32-22(19)11-18(14)24(20)29-25;1-3-2;1-4-2-3;1-2/h4-7,9-11,21,27H,2-3,8,12-13H2,1H3,(H,28,29);3H2,1-2H3;2H,1H3;1-2H3. The molecule has 41 heavy (non-hydrogen) atoms. The minimum atomic E-state index is -0.0104. The number of methoxy groups -OCH3 is 1. The lowest BCUT2D eigenvalue weighted by Crippen LogP contribution is -2.37. The Labute approximate surface area is 247 Å². The van der Waals surface area contributed by atoms with Crippen LogP contribution in [0.4, 0.5) is 0 Å². The van der Waals surface area contributed by atoms with E-state index in [0.29, 0.717) is 19.6 Å². The highest BCUT2D eigenvalue weighted by Crippen LogP contribution is 2.42. The Morgan fingerprint density at radius 3 is 2.61 bits per heavy atom. The van der Waals surface area contributed by atoms with E-state index >= 15 is 0 Å². The monoisotopic (exact) mass is 580 g/mol. The Kier molecular flexibility index (Phi) is 12.0. The van der Waals surface area contributed by atoms with Crippen molar-refractivity contribution in [2.45, 2.75) is 59.6 Å². The molecule has 8 nitrogen and oxygen atoms in total. The van der Waals surface area contributed by atoms with Gasteiger partial charge >= 0.3 is 0 Å². The minimum Gasteiger partial charge on any atom is -0.488 e. The molecular weight excluding hydrogens is 540 g/mol. The molecule has 0 saturated carbocycles. The van der Waals surface area contributed by atoms with Gasteiger partial charge in [0.1, 0.15) is 18.2 Å². The molecule has 1 atom stereocenters. The summed E-state index contributed by atoms with van der Waals surface area (Å²) >= 11 is 6.17. The number of hydrogen-bond acceptors (Lipinski definition) is 6. The van der Waals surface area contributed by atoms with Crippen molar-refractivity contribution in [1.82, 2.24) is 20.2 Å². The van der Waals surface area contributed by atoms with Crippen LogP contribution in [0.5, 0.6) is 5.75 Å². The first-order valence-electron chi connectivity index (χ1n) is 14.2. The molecule has 6 rings (SSSR count). The molecule has 1 aromatic heterocycles. The molecule has 2 aliphatic rings. The number of amides is 1. The number of fused-ring (bicyclic) bond motifs is 6. The third kappa shape index (κ3) is 7.18. The van der Waals surface area contributed by atoms with Crippen molar-refractivity contribution in [2.75, 3.05) is 27.2 Å². The van der Waals surface area contributed by atoms with Gasteiger partial charge in [0.25, 0.3) is 6.47 Å². The van der Waals surface area contributed by atoms with Gasteiger partial charge in [-0.15, -0.1) is 0 Å². The summed E-state index contributed by atoms with van der Waals surface area (Å²) in [6.45, 7) is 10.2. The molecule has 0 spiro atoms. The van der Waals surface area contributed by atoms with Crippen LogP contribution in [-0.2, 0) is 20.9 Å². The fraction of sp³-hybridized carbons (Fsp3) is 0.406. The predicted molar refractivity (Wildman–Crippen MR) is 166 cm³/mol. The number of nitrogens with zero attached hydrogens (tertiary/aromatic N) is 2. The summed E-state index contributed by atoms with van der Waals surface area (Å²) in [5.74, 6) is 1.82. The smallest absolute Gasteiger partial charge is 0.292 e. The van der Waals surface area contributed by atoms with Crippen molar-refractivity contribution in [3.8, 4) is 16.9 Å². The number of carbonyl (C=O) groups is 2. The van der Waals surface area contributed by atoms with Gasteiger partial charge < -0.3 is 24.7 Å². The number of imidazole rings is 1. The second-order valence-electron chi connectivity index (χ2n) is 9.56. The van der Waals surface area contributed by atoms with Crippen molar-refractivity contribution < 1.29 is 19.1 Å². The van der Waals surface area contributed by atoms with Gasteiger partial charge in [-0.3, -0.25) is 9.59 Å². The number of halogens is 1. The normalized spacial score (nSPS) is 14.7. The molecule has 0 bridgehead atoms. The van der Waals surface area contributed by atoms with E-state index in [1.807, 2.05) is 30.9 Å². The lowest BCUT2D eigenvalue weighted by molar-refractivity contribution is -0.131. The summed E-state index contributed by atoms with van der Waals surface area (Å²) in [6, 6.07) is 14.4. The van der Waals surface area contributed by atoms with Crippen LogP contribution in [0.1, 0.15) is 64.4 Å². The van der Waals surface area contributed by atoms with Crippen LogP contribution in [0.2, 0.25) is 5.02 Å². The molecular formula is C32H41ClN4O4. The van der Waals surface area contributed by atoms with Gasteiger partial charge in [0.05, 0.1) is 30.7 Å². The molecule has 1 amide bonds. The third-order valence-corrected chi connectivity index (χ3v) is 6.88. The van der Waals surface area contributed by atoms with E-state index in [-0.39, 0.29) is 11.9 Å². The zero-order valence-electron chi connectivity index (χ0n) is 24.8. The molecule has 1 saturated heterocycles.